The number of nitrogens with two attached hydrogens (primary N) is 1. The van der Waals surface area contributed by atoms with Gasteiger partial charge in [0.15, 0.2) is 11.6 Å². The molecule has 0 aliphatic rings. The molecule has 0 bridgehead atoms. The van der Waals surface area contributed by atoms with E-state index in [9.17, 15) is 18.0 Å². The zero-order chi connectivity index (χ0) is 24.0. The second kappa shape index (κ2) is 8.26. The first-order chi connectivity index (χ1) is 16.4. The summed E-state index contributed by atoms with van der Waals surface area (Å²) >= 11 is 0. The Kier molecular flexibility index (Phi) is 5.24. The van der Waals surface area contributed by atoms with Crippen molar-refractivity contribution in [1.29, 1.82) is 0 Å². The fourth-order valence-electron chi connectivity index (χ4n) is 4.34. The molecule has 0 saturated heterocycles. The second-order valence-electron chi connectivity index (χ2n) is 7.97. The summed E-state index contributed by atoms with van der Waals surface area (Å²) in [6.07, 6.45) is 0. The Morgan fingerprint density at radius 1 is 0.853 bits per heavy atom. The van der Waals surface area contributed by atoms with Crippen LogP contribution in [-0.2, 0) is 6.54 Å². The van der Waals surface area contributed by atoms with Crippen LogP contribution in [0.15, 0.2) is 72.8 Å². The first-order valence-electron chi connectivity index (χ1n) is 10.5. The van der Waals surface area contributed by atoms with E-state index in [4.69, 9.17) is 10.5 Å². The molecular formula is C27H19F3N2O2. The SMILES string of the molecule is COc1ccc(-c2ccc3c4c(C(N)=O)cccc4n(Cc4cc(F)c(F)cc4F)c3c2)cc1. The zero-order valence-corrected chi connectivity index (χ0v) is 18.1. The smallest absolute Gasteiger partial charge is 0.249 e. The molecule has 4 aromatic carbocycles. The van der Waals surface area contributed by atoms with Gasteiger partial charge in [-0.1, -0.05) is 30.3 Å². The standard InChI is InChI=1S/C27H19F3N2O2/c1-34-18-8-5-15(6-9-18)16-7-10-19-25(12-16)32(14-17-11-22(29)23(30)13-21(17)28)24-4-2-3-20(26(19)24)27(31)33/h2-13H,14H2,1H3,(H2,31,33). The van der Waals surface area contributed by atoms with Crippen LogP contribution < -0.4 is 10.5 Å². The van der Waals surface area contributed by atoms with Crippen LogP contribution in [0, 0.1) is 17.5 Å². The molecule has 0 saturated carbocycles. The minimum Gasteiger partial charge on any atom is -0.497 e. The summed E-state index contributed by atoms with van der Waals surface area (Å²) in [7, 11) is 1.59. The molecular weight excluding hydrogens is 441 g/mol. The third-order valence-corrected chi connectivity index (χ3v) is 6.00. The highest BCUT2D eigenvalue weighted by molar-refractivity contribution is 6.18. The molecule has 0 atom stereocenters. The Morgan fingerprint density at radius 2 is 1.56 bits per heavy atom. The van der Waals surface area contributed by atoms with E-state index in [1.54, 1.807) is 29.9 Å². The molecule has 5 aromatic rings. The Hall–Kier alpha value is -4.26. The quantitative estimate of drug-likeness (QED) is 0.326. The number of halogens is 3. The number of rotatable bonds is 5. The molecule has 2 N–H and O–H groups in total. The number of benzene rings is 4. The van der Waals surface area contributed by atoms with Crippen molar-refractivity contribution in [2.24, 2.45) is 5.73 Å². The molecule has 0 fully saturated rings. The predicted octanol–water partition coefficient (Wildman–Crippen LogP) is 6.03. The Balaban J connectivity index is 1.77. The van der Waals surface area contributed by atoms with Crippen LogP contribution >= 0.6 is 0 Å². The van der Waals surface area contributed by atoms with Crippen LogP contribution in [0.2, 0.25) is 0 Å². The molecule has 1 amide bonds. The molecule has 1 heterocycles. The van der Waals surface area contributed by atoms with Crippen LogP contribution in [0.3, 0.4) is 0 Å². The summed E-state index contributed by atoms with van der Waals surface area (Å²) in [5.41, 5.74) is 9.06. The minimum absolute atomic E-state index is 0.0166. The van der Waals surface area contributed by atoms with Gasteiger partial charge in [0.25, 0.3) is 0 Å². The van der Waals surface area contributed by atoms with Gasteiger partial charge >= 0.3 is 0 Å². The molecule has 0 aliphatic heterocycles. The summed E-state index contributed by atoms with van der Waals surface area (Å²) in [5.74, 6) is -3.11. The number of hydrogen-bond donors (Lipinski definition) is 1. The van der Waals surface area contributed by atoms with E-state index in [2.05, 4.69) is 0 Å². The van der Waals surface area contributed by atoms with Gasteiger partial charge in [0.2, 0.25) is 5.91 Å². The third kappa shape index (κ3) is 3.55. The number of nitrogens with zero attached hydrogens (tertiary/aromatic N) is 1. The summed E-state index contributed by atoms with van der Waals surface area (Å²) in [6.45, 7) is -0.0721. The van der Waals surface area contributed by atoms with Crippen molar-refractivity contribution in [1.82, 2.24) is 4.57 Å². The maximum Gasteiger partial charge on any atom is 0.249 e. The van der Waals surface area contributed by atoms with Crippen LogP contribution in [-0.4, -0.2) is 17.6 Å². The summed E-state index contributed by atoms with van der Waals surface area (Å²) < 4.78 is 49.0. The van der Waals surface area contributed by atoms with E-state index in [0.29, 0.717) is 28.0 Å². The normalized spacial score (nSPS) is 11.3. The monoisotopic (exact) mass is 460 g/mol. The van der Waals surface area contributed by atoms with Crippen LogP contribution in [0.25, 0.3) is 32.9 Å². The second-order valence-corrected chi connectivity index (χ2v) is 7.97. The van der Waals surface area contributed by atoms with E-state index in [-0.39, 0.29) is 12.1 Å². The molecule has 7 heteroatoms. The van der Waals surface area contributed by atoms with Crippen molar-refractivity contribution >= 4 is 27.7 Å². The highest BCUT2D eigenvalue weighted by Crippen LogP contribution is 2.35. The predicted molar refractivity (Wildman–Crippen MR) is 125 cm³/mol. The lowest BCUT2D eigenvalue weighted by Gasteiger charge is -2.11. The summed E-state index contributed by atoms with van der Waals surface area (Å²) in [6, 6.07) is 19.7. The fraction of sp³-hybridized carbons (Fsp3) is 0.0741. The molecule has 34 heavy (non-hydrogen) atoms. The average molecular weight is 460 g/mol. The van der Waals surface area contributed by atoms with Gasteiger partial charge < -0.3 is 15.0 Å². The molecule has 170 valence electrons. The van der Waals surface area contributed by atoms with Crippen LogP contribution in [0.4, 0.5) is 13.2 Å². The van der Waals surface area contributed by atoms with Crippen LogP contribution in [0.1, 0.15) is 15.9 Å². The number of carbonyl (C=O) groups is 1. The first-order valence-corrected chi connectivity index (χ1v) is 10.5. The molecule has 0 aliphatic carbocycles. The van der Waals surface area contributed by atoms with Crippen LogP contribution in [0.5, 0.6) is 5.75 Å². The van der Waals surface area contributed by atoms with E-state index >= 15 is 0 Å². The Morgan fingerprint density at radius 3 is 2.26 bits per heavy atom. The van der Waals surface area contributed by atoms with Gasteiger partial charge in [-0.3, -0.25) is 4.79 Å². The number of fused-ring (bicyclic) bond motifs is 3. The van der Waals surface area contributed by atoms with Gasteiger partial charge in [0.05, 0.1) is 24.7 Å². The average Bonchev–Trinajstić information content (AvgIpc) is 3.15. The third-order valence-electron chi connectivity index (χ3n) is 6.00. The number of carbonyl (C=O) groups excluding carboxylic acids is 1. The van der Waals surface area contributed by atoms with Crippen molar-refractivity contribution in [3.63, 3.8) is 0 Å². The lowest BCUT2D eigenvalue weighted by molar-refractivity contribution is 0.100. The number of primary amides is 1. The largest absolute Gasteiger partial charge is 0.497 e. The van der Waals surface area contributed by atoms with Crippen molar-refractivity contribution in [3.8, 4) is 16.9 Å². The highest BCUT2D eigenvalue weighted by Gasteiger charge is 2.19. The maximum absolute atomic E-state index is 14.5. The number of methoxy groups -OCH3 is 1. The Labute approximate surface area is 193 Å². The Bertz CT molecular complexity index is 1570. The highest BCUT2D eigenvalue weighted by atomic mass is 19.2. The molecule has 4 nitrogen and oxygen atoms in total. The maximum atomic E-state index is 14.5. The fourth-order valence-corrected chi connectivity index (χ4v) is 4.34. The van der Waals surface area contributed by atoms with E-state index in [1.165, 1.54) is 0 Å². The van der Waals surface area contributed by atoms with Gasteiger partial charge in [-0.15, -0.1) is 0 Å². The van der Waals surface area contributed by atoms with Gasteiger partial charge in [0, 0.05) is 28.0 Å². The van der Waals surface area contributed by atoms with Crippen molar-refractivity contribution in [3.05, 3.63) is 101 Å². The van der Waals surface area contributed by atoms with E-state index < -0.39 is 23.4 Å². The van der Waals surface area contributed by atoms with Gasteiger partial charge in [-0.25, -0.2) is 13.2 Å². The zero-order valence-electron chi connectivity index (χ0n) is 18.1. The number of amides is 1. The van der Waals surface area contributed by atoms with E-state index in [0.717, 1.165) is 28.3 Å². The minimum atomic E-state index is -1.25. The summed E-state index contributed by atoms with van der Waals surface area (Å²) in [4.78, 5) is 12.2. The number of aromatic nitrogens is 1. The van der Waals surface area contributed by atoms with Crippen molar-refractivity contribution < 1.29 is 22.7 Å². The lowest BCUT2D eigenvalue weighted by atomic mass is 10.0. The lowest BCUT2D eigenvalue weighted by Crippen LogP contribution is -2.11. The molecule has 5 rings (SSSR count). The topological polar surface area (TPSA) is 57.2 Å². The van der Waals surface area contributed by atoms with Gasteiger partial charge in [-0.05, 0) is 47.5 Å². The van der Waals surface area contributed by atoms with Gasteiger partial charge in [-0.2, -0.15) is 0 Å². The molecule has 0 spiro atoms. The molecule has 1 aromatic heterocycles. The molecule has 0 radical (unpaired) electrons. The van der Waals surface area contributed by atoms with E-state index in [1.807, 2.05) is 42.5 Å². The van der Waals surface area contributed by atoms with Crippen molar-refractivity contribution in [2.75, 3.05) is 7.11 Å². The number of hydrogen-bond acceptors (Lipinski definition) is 2. The molecule has 0 unspecified atom stereocenters. The number of ether oxygens (including phenoxy) is 1. The summed E-state index contributed by atoms with van der Waals surface area (Å²) in [5, 5.41) is 1.36. The van der Waals surface area contributed by atoms with Gasteiger partial charge in [0.1, 0.15) is 11.6 Å². The van der Waals surface area contributed by atoms with Crippen molar-refractivity contribution in [2.45, 2.75) is 6.54 Å². The first kappa shape index (κ1) is 21.6.